The van der Waals surface area contributed by atoms with Crippen LogP contribution in [0.2, 0.25) is 0 Å². The molecule has 46 heavy (non-hydrogen) atoms. The molecule has 4 atom stereocenters. The number of carbonyl (C=O) groups is 4. The summed E-state index contributed by atoms with van der Waals surface area (Å²) in [5, 5.41) is -0.568. The van der Waals surface area contributed by atoms with Crippen molar-refractivity contribution in [2.45, 2.75) is 121 Å². The van der Waals surface area contributed by atoms with Crippen LogP contribution in [0.15, 0.2) is 0 Å². The average Bonchev–Trinajstić information content (AvgIpc) is 2.88. The van der Waals surface area contributed by atoms with Crippen LogP contribution >= 0.6 is 44.8 Å². The van der Waals surface area contributed by atoms with Crippen molar-refractivity contribution in [1.82, 2.24) is 0 Å². The van der Waals surface area contributed by atoms with Crippen LogP contribution in [0.1, 0.15) is 94.4 Å². The number of hydrogen-bond acceptors (Lipinski definition) is 13. The predicted molar refractivity (Wildman–Crippen MR) is 184 cm³/mol. The molecule has 2 N–H and O–H groups in total. The maximum Gasteiger partial charge on any atom is 0.470 e. The number of thioether (sulfide) groups is 1. The number of esters is 3. The maximum absolute atomic E-state index is 13.1. The Balaban J connectivity index is 5.05. The summed E-state index contributed by atoms with van der Waals surface area (Å²) in [4.78, 5) is 68.4. The molecule has 0 rings (SSSR count). The van der Waals surface area contributed by atoms with Gasteiger partial charge in [0, 0.05) is 27.4 Å². The Bertz CT molecular complexity index is 1000. The SMILES string of the molecule is CCC(COC(=O)CC(C)S)(COC(=O)CC(C)S)COC(=O)CC(C)SCC(C)C(=O)C(C)(C)OCCC(C)(C)OP(=O)(O)O. The number of ketones is 1. The number of phosphoric acid groups is 1. The molecule has 12 nitrogen and oxygen atoms in total. The fraction of sp³-hybridized carbons (Fsp3) is 0.867. The van der Waals surface area contributed by atoms with E-state index < -0.39 is 48.3 Å². The Kier molecular flexibility index (Phi) is 20.3. The molecule has 270 valence electrons. The van der Waals surface area contributed by atoms with E-state index in [9.17, 15) is 23.7 Å². The smallest absolute Gasteiger partial charge is 0.465 e. The molecule has 16 heteroatoms. The summed E-state index contributed by atoms with van der Waals surface area (Å²) in [6.45, 7) is 15.0. The third-order valence-electron chi connectivity index (χ3n) is 6.95. The lowest BCUT2D eigenvalue weighted by Gasteiger charge is -2.31. The zero-order valence-electron chi connectivity index (χ0n) is 28.6. The highest BCUT2D eigenvalue weighted by Crippen LogP contribution is 2.42. The van der Waals surface area contributed by atoms with Gasteiger partial charge in [-0.2, -0.15) is 37.0 Å². The van der Waals surface area contributed by atoms with E-state index in [1.165, 1.54) is 25.6 Å². The Morgan fingerprint density at radius 2 is 1.24 bits per heavy atom. The van der Waals surface area contributed by atoms with E-state index in [1.807, 2.05) is 13.8 Å². The van der Waals surface area contributed by atoms with Crippen LogP contribution in [0.25, 0.3) is 0 Å². The Hall–Kier alpha value is -0.800. The lowest BCUT2D eigenvalue weighted by molar-refractivity contribution is -0.162. The summed E-state index contributed by atoms with van der Waals surface area (Å²) in [5.74, 6) is -1.53. The summed E-state index contributed by atoms with van der Waals surface area (Å²) < 4.78 is 38.2. The van der Waals surface area contributed by atoms with E-state index in [4.69, 9.17) is 33.3 Å². The molecule has 0 fully saturated rings. The van der Waals surface area contributed by atoms with Crippen LogP contribution in [0.3, 0.4) is 0 Å². The van der Waals surface area contributed by atoms with Gasteiger partial charge in [-0.05, 0) is 40.5 Å². The highest BCUT2D eigenvalue weighted by Gasteiger charge is 2.36. The summed E-state index contributed by atoms with van der Waals surface area (Å²) in [7, 11) is -4.67. The van der Waals surface area contributed by atoms with Crippen LogP contribution in [0.5, 0.6) is 0 Å². The number of phosphoric ester groups is 1. The predicted octanol–water partition coefficient (Wildman–Crippen LogP) is 5.22. The molecule has 0 aliphatic heterocycles. The highest BCUT2D eigenvalue weighted by atomic mass is 32.2. The lowest BCUT2D eigenvalue weighted by Crippen LogP contribution is -2.41. The van der Waals surface area contributed by atoms with Crippen LogP contribution in [0.4, 0.5) is 0 Å². The van der Waals surface area contributed by atoms with Gasteiger partial charge in [0.05, 0.1) is 36.9 Å². The minimum atomic E-state index is -4.67. The van der Waals surface area contributed by atoms with Crippen molar-refractivity contribution in [3.05, 3.63) is 0 Å². The largest absolute Gasteiger partial charge is 0.470 e. The van der Waals surface area contributed by atoms with Crippen molar-refractivity contribution in [3.8, 4) is 0 Å². The monoisotopic (exact) mass is 734 g/mol. The third-order valence-corrected chi connectivity index (χ3v) is 9.48. The Morgan fingerprint density at radius 1 is 0.804 bits per heavy atom. The van der Waals surface area contributed by atoms with Gasteiger partial charge in [0.2, 0.25) is 0 Å². The highest BCUT2D eigenvalue weighted by molar-refractivity contribution is 7.99. The number of thiol groups is 2. The lowest BCUT2D eigenvalue weighted by atomic mass is 9.88. The Morgan fingerprint density at radius 3 is 1.63 bits per heavy atom. The molecule has 0 aliphatic carbocycles. The molecule has 0 heterocycles. The average molecular weight is 735 g/mol. The first-order chi connectivity index (χ1) is 20.9. The molecule has 0 aliphatic rings. The summed E-state index contributed by atoms with van der Waals surface area (Å²) >= 11 is 9.86. The molecule has 0 saturated heterocycles. The Labute approximate surface area is 289 Å². The molecule has 0 aromatic heterocycles. The number of ether oxygens (including phenoxy) is 4. The quantitative estimate of drug-likeness (QED) is 0.0441. The maximum atomic E-state index is 13.1. The van der Waals surface area contributed by atoms with Gasteiger partial charge in [-0.15, -0.1) is 0 Å². The van der Waals surface area contributed by atoms with Crippen molar-refractivity contribution < 1.29 is 57.0 Å². The van der Waals surface area contributed by atoms with Gasteiger partial charge >= 0.3 is 25.7 Å². The van der Waals surface area contributed by atoms with Crippen molar-refractivity contribution in [2.75, 3.05) is 32.2 Å². The molecule has 0 aromatic rings. The van der Waals surface area contributed by atoms with Crippen LogP contribution in [-0.4, -0.2) is 92.6 Å². The zero-order chi connectivity index (χ0) is 35.9. The van der Waals surface area contributed by atoms with E-state index in [1.54, 1.807) is 34.6 Å². The van der Waals surface area contributed by atoms with Crippen LogP contribution < -0.4 is 0 Å². The third kappa shape index (κ3) is 20.5. The summed E-state index contributed by atoms with van der Waals surface area (Å²) in [6.07, 6.45) is 0.832. The van der Waals surface area contributed by atoms with Gasteiger partial charge in [0.15, 0.2) is 5.78 Å². The number of carbonyl (C=O) groups excluding carboxylic acids is 4. The number of hydrogen-bond donors (Lipinski definition) is 4. The van der Waals surface area contributed by atoms with Crippen molar-refractivity contribution in [1.29, 1.82) is 0 Å². The van der Waals surface area contributed by atoms with Crippen molar-refractivity contribution in [2.24, 2.45) is 11.3 Å². The molecule has 0 spiro atoms. The number of Topliss-reactive ketones (excluding diaryl/α,β-unsaturated/α-hetero) is 1. The first-order valence-electron chi connectivity index (χ1n) is 15.3. The first-order valence-corrected chi connectivity index (χ1v) is 18.9. The fourth-order valence-corrected chi connectivity index (χ4v) is 6.11. The topological polar surface area (TPSA) is 172 Å². The molecule has 0 aromatic carbocycles. The zero-order valence-corrected chi connectivity index (χ0v) is 32.1. The van der Waals surface area contributed by atoms with Gasteiger partial charge in [-0.3, -0.25) is 23.7 Å². The van der Waals surface area contributed by atoms with Crippen LogP contribution in [0, 0.1) is 11.3 Å². The second kappa shape index (κ2) is 20.7. The normalized spacial score (nSPS) is 16.5. The molecule has 0 radical (unpaired) electrons. The van der Waals surface area contributed by atoms with Gasteiger partial charge in [-0.1, -0.05) is 34.6 Å². The molecular formula is C30H55O12PS3. The molecule has 0 amide bonds. The fourth-order valence-electron chi connectivity index (χ4n) is 4.05. The van der Waals surface area contributed by atoms with E-state index in [0.29, 0.717) is 12.2 Å². The van der Waals surface area contributed by atoms with Gasteiger partial charge in [0.25, 0.3) is 0 Å². The second-order valence-corrected chi connectivity index (χ2v) is 17.4. The van der Waals surface area contributed by atoms with Gasteiger partial charge < -0.3 is 28.7 Å². The van der Waals surface area contributed by atoms with Gasteiger partial charge in [-0.25, -0.2) is 4.57 Å². The first kappa shape index (κ1) is 45.2. The number of rotatable bonds is 24. The minimum absolute atomic E-state index is 0.0497. The summed E-state index contributed by atoms with van der Waals surface area (Å²) in [5.41, 5.74) is -3.22. The molecule has 4 unspecified atom stereocenters. The standard InChI is InChI=1S/C30H55O12PS3/c1-10-30(17-38-24(31)13-21(3)44,18-39-25(32)14-22(4)45)19-40-26(33)15-23(5)46-16-20(2)27(34)29(8,9)41-12-11-28(6,7)42-43(35,36)37/h20-23,44-45H,10-19H2,1-9H3,(H2,35,36,37). The van der Waals surface area contributed by atoms with Crippen LogP contribution in [-0.2, 0) is 47.2 Å². The van der Waals surface area contributed by atoms with Gasteiger partial charge in [0.1, 0.15) is 25.4 Å². The minimum Gasteiger partial charge on any atom is -0.465 e. The molecule has 0 bridgehead atoms. The van der Waals surface area contributed by atoms with E-state index in [2.05, 4.69) is 25.3 Å². The van der Waals surface area contributed by atoms with E-state index in [0.717, 1.165) is 0 Å². The van der Waals surface area contributed by atoms with E-state index >= 15 is 0 Å². The van der Waals surface area contributed by atoms with E-state index in [-0.39, 0.29) is 73.6 Å². The molecular weight excluding hydrogens is 679 g/mol. The molecule has 0 saturated carbocycles. The van der Waals surface area contributed by atoms with Crippen molar-refractivity contribution in [3.63, 3.8) is 0 Å². The van der Waals surface area contributed by atoms with Crippen molar-refractivity contribution >= 4 is 68.5 Å². The summed E-state index contributed by atoms with van der Waals surface area (Å²) in [6, 6.07) is 0. The second-order valence-electron chi connectivity index (χ2n) is 13.0.